The van der Waals surface area contributed by atoms with E-state index in [0.29, 0.717) is 16.5 Å². The molecule has 0 atom stereocenters. The normalized spacial score (nSPS) is 10.0. The van der Waals surface area contributed by atoms with Crippen LogP contribution in [0.2, 0.25) is 10.0 Å². The second kappa shape index (κ2) is 9.15. The van der Waals surface area contributed by atoms with Gasteiger partial charge in [-0.15, -0.1) is 0 Å². The molecule has 2 aromatic carbocycles. The molecule has 2 amide bonds. The summed E-state index contributed by atoms with van der Waals surface area (Å²) in [4.78, 5) is 23.3. The molecule has 0 aliphatic heterocycles. The van der Waals surface area contributed by atoms with Gasteiger partial charge in [-0.3, -0.25) is 20.4 Å². The number of hydrazine groups is 1. The van der Waals surface area contributed by atoms with Crippen molar-refractivity contribution in [2.24, 2.45) is 0 Å². The summed E-state index contributed by atoms with van der Waals surface area (Å²) in [7, 11) is 0. The number of nitrogens with one attached hydrogen (secondary N) is 2. The van der Waals surface area contributed by atoms with Gasteiger partial charge in [0.05, 0.1) is 5.02 Å². The van der Waals surface area contributed by atoms with E-state index in [1.807, 2.05) is 19.1 Å². The number of amides is 2. The summed E-state index contributed by atoms with van der Waals surface area (Å²) in [6, 6.07) is 11.9. The Morgan fingerprint density at radius 2 is 1.64 bits per heavy atom. The van der Waals surface area contributed by atoms with Gasteiger partial charge in [-0.2, -0.15) is 0 Å². The van der Waals surface area contributed by atoms with Crippen molar-refractivity contribution in [1.29, 1.82) is 0 Å². The van der Waals surface area contributed by atoms with Crippen molar-refractivity contribution in [2.75, 3.05) is 13.2 Å². The van der Waals surface area contributed by atoms with Crippen LogP contribution in [0.15, 0.2) is 42.5 Å². The maximum atomic E-state index is 11.7. The second-order valence-electron chi connectivity index (χ2n) is 5.06. The van der Waals surface area contributed by atoms with E-state index in [9.17, 15) is 9.59 Å². The maximum Gasteiger partial charge on any atom is 0.276 e. The first-order valence-corrected chi connectivity index (χ1v) is 8.04. The van der Waals surface area contributed by atoms with E-state index in [4.69, 9.17) is 32.7 Å². The van der Waals surface area contributed by atoms with Crippen molar-refractivity contribution >= 4 is 35.0 Å². The first-order valence-electron chi connectivity index (χ1n) is 7.29. The highest BCUT2D eigenvalue weighted by atomic mass is 35.5. The zero-order valence-electron chi connectivity index (χ0n) is 13.3. The van der Waals surface area contributed by atoms with Gasteiger partial charge in [-0.1, -0.05) is 35.3 Å². The number of aryl methyl sites for hydroxylation is 1. The van der Waals surface area contributed by atoms with Gasteiger partial charge in [0.1, 0.15) is 11.5 Å². The minimum Gasteiger partial charge on any atom is -0.484 e. The third-order valence-electron chi connectivity index (χ3n) is 2.95. The molecule has 2 aromatic rings. The van der Waals surface area contributed by atoms with Crippen LogP contribution in [0, 0.1) is 6.92 Å². The molecule has 0 bridgehead atoms. The summed E-state index contributed by atoms with van der Waals surface area (Å²) in [5.41, 5.74) is 5.47. The summed E-state index contributed by atoms with van der Waals surface area (Å²) in [5, 5.41) is 0.749. The van der Waals surface area contributed by atoms with Crippen molar-refractivity contribution in [3.8, 4) is 11.5 Å². The Balaban J connectivity index is 1.69. The highest BCUT2D eigenvalue weighted by Crippen LogP contribution is 2.27. The van der Waals surface area contributed by atoms with Crippen LogP contribution >= 0.6 is 23.2 Å². The molecule has 0 unspecified atom stereocenters. The van der Waals surface area contributed by atoms with E-state index in [0.717, 1.165) is 5.56 Å². The molecule has 0 heterocycles. The zero-order chi connectivity index (χ0) is 18.2. The lowest BCUT2D eigenvalue weighted by Gasteiger charge is -2.10. The molecule has 132 valence electrons. The van der Waals surface area contributed by atoms with Gasteiger partial charge >= 0.3 is 0 Å². The molecule has 0 fully saturated rings. The lowest BCUT2D eigenvalue weighted by atomic mass is 10.2. The smallest absolute Gasteiger partial charge is 0.276 e. The topological polar surface area (TPSA) is 76.7 Å². The fourth-order valence-electron chi connectivity index (χ4n) is 1.80. The molecule has 0 aliphatic rings. The summed E-state index contributed by atoms with van der Waals surface area (Å²) in [6.45, 7) is 1.37. The quantitative estimate of drug-likeness (QED) is 0.753. The highest BCUT2D eigenvalue weighted by Gasteiger charge is 2.08. The van der Waals surface area contributed by atoms with Crippen LogP contribution in [0.3, 0.4) is 0 Å². The minimum absolute atomic E-state index is 0.229. The SMILES string of the molecule is Cc1cccc(OCC(=O)NNC(=O)COc2ccc(Cl)cc2Cl)c1. The van der Waals surface area contributed by atoms with E-state index in [2.05, 4.69) is 10.9 Å². The number of ether oxygens (including phenoxy) is 2. The van der Waals surface area contributed by atoms with Crippen LogP contribution in [-0.2, 0) is 9.59 Å². The van der Waals surface area contributed by atoms with Gasteiger partial charge in [0.15, 0.2) is 13.2 Å². The van der Waals surface area contributed by atoms with Crippen molar-refractivity contribution in [3.63, 3.8) is 0 Å². The molecule has 2 rings (SSSR count). The molecule has 0 radical (unpaired) electrons. The summed E-state index contributed by atoms with van der Waals surface area (Å²) < 4.78 is 10.6. The molecule has 0 saturated heterocycles. The molecular formula is C17H16Cl2N2O4. The molecule has 25 heavy (non-hydrogen) atoms. The first-order chi connectivity index (χ1) is 11.9. The number of hydrogen-bond donors (Lipinski definition) is 2. The van der Waals surface area contributed by atoms with Crippen LogP contribution in [0.4, 0.5) is 0 Å². The van der Waals surface area contributed by atoms with Crippen molar-refractivity contribution in [2.45, 2.75) is 6.92 Å². The van der Waals surface area contributed by atoms with Gasteiger partial charge in [-0.05, 0) is 42.8 Å². The van der Waals surface area contributed by atoms with Crippen LogP contribution in [0.1, 0.15) is 5.56 Å². The van der Waals surface area contributed by atoms with Crippen LogP contribution < -0.4 is 20.3 Å². The third kappa shape index (κ3) is 6.52. The number of benzene rings is 2. The molecule has 0 saturated carbocycles. The molecular weight excluding hydrogens is 367 g/mol. The van der Waals surface area contributed by atoms with E-state index in [1.165, 1.54) is 6.07 Å². The van der Waals surface area contributed by atoms with Crippen LogP contribution in [0.5, 0.6) is 11.5 Å². The van der Waals surface area contributed by atoms with Crippen LogP contribution in [-0.4, -0.2) is 25.0 Å². The first kappa shape index (κ1) is 18.9. The lowest BCUT2D eigenvalue weighted by molar-refractivity contribution is -0.131. The standard InChI is InChI=1S/C17H16Cl2N2O4/c1-11-3-2-4-13(7-11)24-9-16(22)20-21-17(23)10-25-15-6-5-12(18)8-14(15)19/h2-8H,9-10H2,1H3,(H,20,22)(H,21,23). The fourth-order valence-corrected chi connectivity index (χ4v) is 2.26. The average Bonchev–Trinajstić information content (AvgIpc) is 2.57. The Labute approximate surface area is 155 Å². The third-order valence-corrected chi connectivity index (χ3v) is 3.48. The highest BCUT2D eigenvalue weighted by molar-refractivity contribution is 6.35. The van der Waals surface area contributed by atoms with Crippen molar-refractivity contribution in [3.05, 3.63) is 58.1 Å². The number of carbonyl (C=O) groups is 2. The van der Waals surface area contributed by atoms with E-state index in [-0.39, 0.29) is 18.2 Å². The largest absolute Gasteiger partial charge is 0.484 e. The van der Waals surface area contributed by atoms with Crippen molar-refractivity contribution < 1.29 is 19.1 Å². The van der Waals surface area contributed by atoms with Crippen molar-refractivity contribution in [1.82, 2.24) is 10.9 Å². The molecule has 8 heteroatoms. The summed E-state index contributed by atoms with van der Waals surface area (Å²) in [5.74, 6) is -0.160. The number of hydrogen-bond acceptors (Lipinski definition) is 4. The zero-order valence-corrected chi connectivity index (χ0v) is 14.9. The van der Waals surface area contributed by atoms with Crippen LogP contribution in [0.25, 0.3) is 0 Å². The van der Waals surface area contributed by atoms with E-state index >= 15 is 0 Å². The average molecular weight is 383 g/mol. The predicted molar refractivity (Wildman–Crippen MR) is 94.9 cm³/mol. The molecule has 2 N–H and O–H groups in total. The fraction of sp³-hybridized carbons (Fsp3) is 0.176. The number of rotatable bonds is 6. The van der Waals surface area contributed by atoms with E-state index in [1.54, 1.807) is 24.3 Å². The second-order valence-corrected chi connectivity index (χ2v) is 5.91. The minimum atomic E-state index is -0.546. The number of halogens is 2. The molecule has 0 aliphatic carbocycles. The Hall–Kier alpha value is -2.44. The van der Waals surface area contributed by atoms with Gasteiger partial charge < -0.3 is 9.47 Å². The Kier molecular flexibility index (Phi) is 6.91. The predicted octanol–water partition coefficient (Wildman–Crippen LogP) is 2.91. The van der Waals surface area contributed by atoms with Gasteiger partial charge in [0.2, 0.25) is 0 Å². The molecule has 0 spiro atoms. The Morgan fingerprint density at radius 3 is 2.28 bits per heavy atom. The maximum absolute atomic E-state index is 11.7. The molecule has 6 nitrogen and oxygen atoms in total. The Morgan fingerprint density at radius 1 is 0.960 bits per heavy atom. The monoisotopic (exact) mass is 382 g/mol. The van der Waals surface area contributed by atoms with E-state index < -0.39 is 11.8 Å². The number of carbonyl (C=O) groups excluding carboxylic acids is 2. The van der Waals surface area contributed by atoms with Gasteiger partial charge in [-0.25, -0.2) is 0 Å². The molecule has 0 aromatic heterocycles. The summed E-state index contributed by atoms with van der Waals surface area (Å²) in [6.07, 6.45) is 0. The summed E-state index contributed by atoms with van der Waals surface area (Å²) >= 11 is 11.7. The van der Waals surface area contributed by atoms with Gasteiger partial charge in [0, 0.05) is 5.02 Å². The Bertz CT molecular complexity index is 768. The lowest BCUT2D eigenvalue weighted by Crippen LogP contribution is -2.45. The van der Waals surface area contributed by atoms with Gasteiger partial charge in [0.25, 0.3) is 11.8 Å².